The monoisotopic (exact) mass is 1170 g/mol. The van der Waals surface area contributed by atoms with Crippen LogP contribution in [0.25, 0.3) is 0 Å². The Balaban J connectivity index is 4.10. The standard InChI is InChI=1S/C77H144O6/c1-4-7-10-13-16-19-22-25-27-29-31-33-34-35-36-37-38-39-40-41-42-43-44-45-47-48-50-52-55-58-61-64-67-70-76(79)82-73-74(72-81-75(78)69-66-63-60-57-54-24-21-18-15-12-9-6-3)83-77(80)71-68-65-62-59-56-53-51-49-46-32-30-28-26-23-20-17-14-11-8-5-2/h18,21-22,25,29,31,74H,4-17,19-20,23-24,26-28,30,32-73H2,1-3H3/b21-18-,25-22-,31-29-. The molecule has 0 N–H and O–H groups in total. The average Bonchev–Trinajstić information content (AvgIpc) is 3.49. The van der Waals surface area contributed by atoms with Crippen LogP contribution in [0.15, 0.2) is 36.5 Å². The highest BCUT2D eigenvalue weighted by atomic mass is 16.6. The molecule has 0 aliphatic rings. The molecule has 0 aliphatic carbocycles. The molecule has 0 bridgehead atoms. The molecule has 0 fully saturated rings. The molecule has 0 saturated heterocycles. The predicted octanol–water partition coefficient (Wildman–Crippen LogP) is 25.9. The van der Waals surface area contributed by atoms with Gasteiger partial charge in [-0.2, -0.15) is 0 Å². The molecule has 0 aromatic carbocycles. The molecule has 488 valence electrons. The van der Waals surface area contributed by atoms with Crippen molar-refractivity contribution in [2.75, 3.05) is 13.2 Å². The van der Waals surface area contributed by atoms with Crippen molar-refractivity contribution in [2.45, 2.75) is 425 Å². The van der Waals surface area contributed by atoms with E-state index < -0.39 is 6.10 Å². The van der Waals surface area contributed by atoms with Crippen LogP contribution in [0.2, 0.25) is 0 Å². The van der Waals surface area contributed by atoms with Gasteiger partial charge in [-0.3, -0.25) is 14.4 Å². The molecule has 0 amide bonds. The van der Waals surface area contributed by atoms with Gasteiger partial charge in [0.25, 0.3) is 0 Å². The van der Waals surface area contributed by atoms with Crippen LogP contribution in [0, 0.1) is 0 Å². The van der Waals surface area contributed by atoms with Crippen molar-refractivity contribution in [2.24, 2.45) is 0 Å². The van der Waals surface area contributed by atoms with Crippen LogP contribution in [0.1, 0.15) is 419 Å². The largest absolute Gasteiger partial charge is 0.462 e. The van der Waals surface area contributed by atoms with Crippen LogP contribution in [0.4, 0.5) is 0 Å². The Kier molecular flexibility index (Phi) is 70.0. The lowest BCUT2D eigenvalue weighted by molar-refractivity contribution is -0.167. The summed E-state index contributed by atoms with van der Waals surface area (Å²) in [6, 6.07) is 0. The zero-order valence-electron chi connectivity index (χ0n) is 56.2. The van der Waals surface area contributed by atoms with E-state index in [0.29, 0.717) is 19.3 Å². The third kappa shape index (κ3) is 70.3. The van der Waals surface area contributed by atoms with E-state index in [-0.39, 0.29) is 31.1 Å². The fourth-order valence-corrected chi connectivity index (χ4v) is 11.5. The molecular formula is C77H144O6. The second-order valence-electron chi connectivity index (χ2n) is 25.6. The smallest absolute Gasteiger partial charge is 0.306 e. The van der Waals surface area contributed by atoms with E-state index in [4.69, 9.17) is 14.2 Å². The maximum absolute atomic E-state index is 12.9. The summed E-state index contributed by atoms with van der Waals surface area (Å²) in [6.45, 7) is 6.68. The van der Waals surface area contributed by atoms with E-state index in [9.17, 15) is 14.4 Å². The molecule has 0 saturated carbocycles. The molecule has 6 heteroatoms. The van der Waals surface area contributed by atoms with Crippen LogP contribution in [0.5, 0.6) is 0 Å². The van der Waals surface area contributed by atoms with E-state index in [1.54, 1.807) is 0 Å². The van der Waals surface area contributed by atoms with Crippen molar-refractivity contribution in [3.05, 3.63) is 36.5 Å². The van der Waals surface area contributed by atoms with E-state index in [0.717, 1.165) is 70.6 Å². The normalized spacial score (nSPS) is 12.2. The molecule has 0 aliphatic heterocycles. The number of unbranched alkanes of at least 4 members (excludes halogenated alkanes) is 53. The predicted molar refractivity (Wildman–Crippen MR) is 362 cm³/mol. The summed E-state index contributed by atoms with van der Waals surface area (Å²) < 4.78 is 17.0. The first-order valence-corrected chi connectivity index (χ1v) is 37.5. The number of carbonyl (C=O) groups is 3. The lowest BCUT2D eigenvalue weighted by Gasteiger charge is -2.18. The number of hydrogen-bond acceptors (Lipinski definition) is 6. The quantitative estimate of drug-likeness (QED) is 0.0261. The first-order valence-electron chi connectivity index (χ1n) is 37.5. The molecule has 0 spiro atoms. The minimum Gasteiger partial charge on any atom is -0.462 e. The van der Waals surface area contributed by atoms with Gasteiger partial charge in [0.2, 0.25) is 0 Å². The highest BCUT2D eigenvalue weighted by Crippen LogP contribution is 2.19. The van der Waals surface area contributed by atoms with Crippen molar-refractivity contribution < 1.29 is 28.6 Å². The first kappa shape index (κ1) is 80.6. The zero-order valence-corrected chi connectivity index (χ0v) is 56.2. The number of carbonyl (C=O) groups excluding carboxylic acids is 3. The Morgan fingerprint density at radius 1 is 0.241 bits per heavy atom. The van der Waals surface area contributed by atoms with Crippen molar-refractivity contribution in [3.63, 3.8) is 0 Å². The Bertz CT molecular complexity index is 1380. The second kappa shape index (κ2) is 72.1. The molecular weight excluding hydrogens is 1020 g/mol. The Labute approximate surface area is 518 Å². The van der Waals surface area contributed by atoms with Gasteiger partial charge < -0.3 is 14.2 Å². The molecule has 83 heavy (non-hydrogen) atoms. The molecule has 0 aromatic heterocycles. The minimum absolute atomic E-state index is 0.0681. The second-order valence-corrected chi connectivity index (χ2v) is 25.6. The van der Waals surface area contributed by atoms with Crippen molar-refractivity contribution in [3.8, 4) is 0 Å². The summed E-state index contributed by atoms with van der Waals surface area (Å²) in [5.74, 6) is -0.846. The van der Waals surface area contributed by atoms with E-state index >= 15 is 0 Å². The van der Waals surface area contributed by atoms with Gasteiger partial charge in [-0.1, -0.05) is 359 Å². The molecule has 1 unspecified atom stereocenters. The van der Waals surface area contributed by atoms with Gasteiger partial charge >= 0.3 is 17.9 Å². The lowest BCUT2D eigenvalue weighted by atomic mass is 10.0. The van der Waals surface area contributed by atoms with Crippen LogP contribution in [-0.4, -0.2) is 37.2 Å². The molecule has 1 atom stereocenters. The Morgan fingerprint density at radius 2 is 0.434 bits per heavy atom. The number of rotatable bonds is 70. The summed E-state index contributed by atoms with van der Waals surface area (Å²) in [4.78, 5) is 38.4. The molecule has 0 rings (SSSR count). The third-order valence-electron chi connectivity index (χ3n) is 17.1. The number of allylic oxidation sites excluding steroid dienone is 6. The van der Waals surface area contributed by atoms with Crippen molar-refractivity contribution >= 4 is 17.9 Å². The van der Waals surface area contributed by atoms with Gasteiger partial charge in [0.1, 0.15) is 13.2 Å². The summed E-state index contributed by atoms with van der Waals surface area (Å²) in [5, 5.41) is 0. The van der Waals surface area contributed by atoms with Crippen LogP contribution in [0.3, 0.4) is 0 Å². The van der Waals surface area contributed by atoms with Crippen LogP contribution in [-0.2, 0) is 28.6 Å². The summed E-state index contributed by atoms with van der Waals surface area (Å²) >= 11 is 0. The topological polar surface area (TPSA) is 78.9 Å². The first-order chi connectivity index (χ1) is 41.0. The number of ether oxygens (including phenoxy) is 3. The molecule has 0 heterocycles. The lowest BCUT2D eigenvalue weighted by Crippen LogP contribution is -2.30. The zero-order chi connectivity index (χ0) is 59.9. The van der Waals surface area contributed by atoms with Crippen molar-refractivity contribution in [1.29, 1.82) is 0 Å². The minimum atomic E-state index is -0.772. The highest BCUT2D eigenvalue weighted by Gasteiger charge is 2.20. The maximum Gasteiger partial charge on any atom is 0.306 e. The van der Waals surface area contributed by atoms with Crippen LogP contribution < -0.4 is 0 Å². The van der Waals surface area contributed by atoms with Crippen LogP contribution >= 0.6 is 0 Å². The molecule has 0 radical (unpaired) electrons. The van der Waals surface area contributed by atoms with Gasteiger partial charge in [0, 0.05) is 19.3 Å². The molecule has 6 nitrogen and oxygen atoms in total. The fraction of sp³-hybridized carbons (Fsp3) is 0.883. The number of esters is 3. The maximum atomic E-state index is 12.9. The Hall–Kier alpha value is -2.37. The van der Waals surface area contributed by atoms with E-state index in [1.807, 2.05) is 0 Å². The van der Waals surface area contributed by atoms with Gasteiger partial charge in [0.05, 0.1) is 0 Å². The summed E-state index contributed by atoms with van der Waals surface area (Å²) in [5.41, 5.74) is 0. The van der Waals surface area contributed by atoms with Gasteiger partial charge in [-0.25, -0.2) is 0 Å². The fourth-order valence-electron chi connectivity index (χ4n) is 11.5. The van der Waals surface area contributed by atoms with Gasteiger partial charge in [-0.05, 0) is 77.0 Å². The van der Waals surface area contributed by atoms with Gasteiger partial charge in [0.15, 0.2) is 6.10 Å². The highest BCUT2D eigenvalue weighted by molar-refractivity contribution is 5.71. The number of hydrogen-bond donors (Lipinski definition) is 0. The van der Waals surface area contributed by atoms with Crippen molar-refractivity contribution in [1.82, 2.24) is 0 Å². The van der Waals surface area contributed by atoms with Gasteiger partial charge in [-0.15, -0.1) is 0 Å². The third-order valence-corrected chi connectivity index (χ3v) is 17.1. The molecule has 0 aromatic rings. The average molecular weight is 1170 g/mol. The summed E-state index contributed by atoms with van der Waals surface area (Å²) in [7, 11) is 0. The Morgan fingerprint density at radius 3 is 0.699 bits per heavy atom. The SMILES string of the molecule is CCCCC/C=C\CCCCCCCC(=O)OCC(COC(=O)CCCCCCCCCCCCCCCCCCCCCCC/C=C\C/C=C\CCCCCCC)OC(=O)CCCCCCCCCCCCCCCCCCCCCC. The van der Waals surface area contributed by atoms with E-state index in [1.165, 1.54) is 308 Å². The summed E-state index contributed by atoms with van der Waals surface area (Å²) in [6.07, 6.45) is 90.6. The van der Waals surface area contributed by atoms with E-state index in [2.05, 4.69) is 57.2 Å².